The molecule has 1 heterocycles. The third kappa shape index (κ3) is 4.58. The molecular weight excluding hydrogens is 377 g/mol. The maximum Gasteiger partial charge on any atom is 0.328 e. The lowest BCUT2D eigenvalue weighted by Gasteiger charge is -2.16. The highest BCUT2D eigenvalue weighted by Crippen LogP contribution is 2.43. The molecule has 1 unspecified atom stereocenters. The standard InChI is InChI=1S/C21H24NO5P/c1-15(2)17-10-8-16(9-11-17)14-27-28(25,26)13-5-12-22-20(23)18-6-3-4-7-19(18)21(22)24/h3-4,6-11,15H,5,12-14H2,1-2H3,(H,25,26). The van der Waals surface area contributed by atoms with Crippen LogP contribution >= 0.6 is 7.60 Å². The molecule has 0 aliphatic carbocycles. The average Bonchev–Trinajstić information content (AvgIpc) is 2.92. The van der Waals surface area contributed by atoms with Crippen molar-refractivity contribution in [3.8, 4) is 0 Å². The van der Waals surface area contributed by atoms with Gasteiger partial charge in [-0.25, -0.2) is 0 Å². The molecule has 0 bridgehead atoms. The molecule has 0 saturated heterocycles. The van der Waals surface area contributed by atoms with E-state index in [4.69, 9.17) is 4.52 Å². The average molecular weight is 401 g/mol. The maximum absolute atomic E-state index is 12.3. The Balaban J connectivity index is 1.50. The topological polar surface area (TPSA) is 83.9 Å². The highest BCUT2D eigenvalue weighted by atomic mass is 31.2. The van der Waals surface area contributed by atoms with Gasteiger partial charge in [-0.15, -0.1) is 0 Å². The maximum atomic E-state index is 12.3. The van der Waals surface area contributed by atoms with E-state index >= 15 is 0 Å². The molecule has 28 heavy (non-hydrogen) atoms. The van der Waals surface area contributed by atoms with Crippen molar-refractivity contribution in [3.05, 3.63) is 70.8 Å². The van der Waals surface area contributed by atoms with Crippen molar-refractivity contribution in [1.29, 1.82) is 0 Å². The van der Waals surface area contributed by atoms with Crippen LogP contribution in [0.3, 0.4) is 0 Å². The molecule has 6 nitrogen and oxygen atoms in total. The molecule has 0 spiro atoms. The number of hydrogen-bond donors (Lipinski definition) is 1. The van der Waals surface area contributed by atoms with Crippen LogP contribution in [0.1, 0.15) is 58.0 Å². The van der Waals surface area contributed by atoms with Crippen LogP contribution in [0.2, 0.25) is 0 Å². The number of imide groups is 1. The van der Waals surface area contributed by atoms with Gasteiger partial charge < -0.3 is 9.42 Å². The molecule has 2 aromatic carbocycles. The lowest BCUT2D eigenvalue weighted by molar-refractivity contribution is 0.0653. The van der Waals surface area contributed by atoms with Crippen molar-refractivity contribution in [2.45, 2.75) is 32.8 Å². The summed E-state index contributed by atoms with van der Waals surface area (Å²) >= 11 is 0. The Morgan fingerprint density at radius 3 is 2.11 bits per heavy atom. The zero-order chi connectivity index (χ0) is 20.3. The summed E-state index contributed by atoms with van der Waals surface area (Å²) in [6, 6.07) is 14.4. The number of carbonyl (C=O) groups excluding carboxylic acids is 2. The summed E-state index contributed by atoms with van der Waals surface area (Å²) in [6.45, 7) is 4.33. The quantitative estimate of drug-likeness (QED) is 0.529. The molecule has 1 aliphatic rings. The summed E-state index contributed by atoms with van der Waals surface area (Å²) in [5.41, 5.74) is 2.76. The lowest BCUT2D eigenvalue weighted by Crippen LogP contribution is -2.31. The molecule has 1 atom stereocenters. The van der Waals surface area contributed by atoms with Gasteiger partial charge >= 0.3 is 7.60 Å². The number of nitrogens with zero attached hydrogens (tertiary/aromatic N) is 1. The van der Waals surface area contributed by atoms with Gasteiger partial charge in [0.25, 0.3) is 11.8 Å². The lowest BCUT2D eigenvalue weighted by atomic mass is 10.0. The summed E-state index contributed by atoms with van der Waals surface area (Å²) in [5, 5.41) is 0. The zero-order valence-corrected chi connectivity index (χ0v) is 16.9. The van der Waals surface area contributed by atoms with Gasteiger partial charge in [0, 0.05) is 6.54 Å². The number of hydrogen-bond acceptors (Lipinski definition) is 4. The van der Waals surface area contributed by atoms with E-state index in [2.05, 4.69) is 13.8 Å². The first-order valence-electron chi connectivity index (χ1n) is 9.29. The van der Waals surface area contributed by atoms with Crippen LogP contribution in [0.25, 0.3) is 0 Å². The van der Waals surface area contributed by atoms with Crippen molar-refractivity contribution in [2.75, 3.05) is 12.7 Å². The minimum absolute atomic E-state index is 0.0408. The fourth-order valence-electron chi connectivity index (χ4n) is 3.11. The SMILES string of the molecule is CC(C)c1ccc(COP(=O)(O)CCCN2C(=O)c3ccccc3C2=O)cc1. The molecule has 1 aliphatic heterocycles. The molecule has 0 fully saturated rings. The molecule has 0 radical (unpaired) electrons. The first-order chi connectivity index (χ1) is 13.3. The number of benzene rings is 2. The van der Waals surface area contributed by atoms with Crippen LogP contribution in [0.4, 0.5) is 0 Å². The summed E-state index contributed by atoms with van der Waals surface area (Å²) in [7, 11) is -3.81. The fourth-order valence-corrected chi connectivity index (χ4v) is 4.13. The number of amides is 2. The second kappa shape index (κ2) is 8.39. The van der Waals surface area contributed by atoms with Gasteiger partial charge in [-0.2, -0.15) is 0 Å². The van der Waals surface area contributed by atoms with Crippen molar-refractivity contribution in [3.63, 3.8) is 0 Å². The van der Waals surface area contributed by atoms with Crippen molar-refractivity contribution in [2.24, 2.45) is 0 Å². The highest BCUT2D eigenvalue weighted by molar-refractivity contribution is 7.52. The summed E-state index contributed by atoms with van der Waals surface area (Å²) in [6.07, 6.45) is 0.0794. The first kappa shape index (κ1) is 20.5. The largest absolute Gasteiger partial charge is 0.328 e. The molecular formula is C21H24NO5P. The predicted molar refractivity (Wildman–Crippen MR) is 106 cm³/mol. The Labute approximate surface area is 164 Å². The van der Waals surface area contributed by atoms with E-state index in [1.165, 1.54) is 5.56 Å². The Bertz CT molecular complexity index is 888. The van der Waals surface area contributed by atoms with E-state index < -0.39 is 7.60 Å². The monoisotopic (exact) mass is 401 g/mol. The summed E-state index contributed by atoms with van der Waals surface area (Å²) < 4.78 is 17.5. The van der Waals surface area contributed by atoms with Crippen molar-refractivity contribution < 1.29 is 23.6 Å². The number of rotatable bonds is 8. The van der Waals surface area contributed by atoms with E-state index in [1.807, 2.05) is 24.3 Å². The van der Waals surface area contributed by atoms with Crippen LogP contribution in [0.15, 0.2) is 48.5 Å². The second-order valence-corrected chi connectivity index (χ2v) is 9.17. The number of fused-ring (bicyclic) bond motifs is 1. The third-order valence-electron chi connectivity index (χ3n) is 4.78. The van der Waals surface area contributed by atoms with E-state index in [9.17, 15) is 19.0 Å². The van der Waals surface area contributed by atoms with Crippen molar-refractivity contribution >= 4 is 19.4 Å². The van der Waals surface area contributed by atoms with Gasteiger partial charge in [-0.1, -0.05) is 50.2 Å². The molecule has 0 saturated carbocycles. The van der Waals surface area contributed by atoms with Gasteiger partial charge in [0.1, 0.15) is 0 Å². The molecule has 2 amide bonds. The highest BCUT2D eigenvalue weighted by Gasteiger charge is 2.35. The Morgan fingerprint density at radius 1 is 1.00 bits per heavy atom. The molecule has 7 heteroatoms. The smallest absolute Gasteiger partial charge is 0.324 e. The normalized spacial score (nSPS) is 15.8. The minimum Gasteiger partial charge on any atom is -0.324 e. The van der Waals surface area contributed by atoms with Crippen LogP contribution in [-0.4, -0.2) is 34.3 Å². The van der Waals surface area contributed by atoms with Gasteiger partial charge in [-0.3, -0.25) is 19.1 Å². The summed E-state index contributed by atoms with van der Waals surface area (Å²) in [5.74, 6) is -0.305. The summed E-state index contributed by atoms with van der Waals surface area (Å²) in [4.78, 5) is 35.7. The first-order valence-corrected chi connectivity index (χ1v) is 11.1. The zero-order valence-electron chi connectivity index (χ0n) is 16.0. The fraction of sp³-hybridized carbons (Fsp3) is 0.333. The van der Waals surface area contributed by atoms with E-state index in [-0.39, 0.29) is 37.5 Å². The molecule has 148 valence electrons. The van der Waals surface area contributed by atoms with Crippen molar-refractivity contribution in [1.82, 2.24) is 4.90 Å². The number of carbonyl (C=O) groups is 2. The van der Waals surface area contributed by atoms with Crippen LogP contribution in [0, 0.1) is 0 Å². The third-order valence-corrected chi connectivity index (χ3v) is 6.19. The van der Waals surface area contributed by atoms with Gasteiger partial charge in [0.05, 0.1) is 23.9 Å². The Hall–Kier alpha value is -2.27. The van der Waals surface area contributed by atoms with E-state index in [0.29, 0.717) is 17.0 Å². The van der Waals surface area contributed by atoms with Gasteiger partial charge in [0.15, 0.2) is 0 Å². The van der Waals surface area contributed by atoms with Crippen LogP contribution < -0.4 is 0 Å². The molecule has 3 rings (SSSR count). The van der Waals surface area contributed by atoms with Gasteiger partial charge in [0.2, 0.25) is 0 Å². The van der Waals surface area contributed by atoms with E-state index in [1.54, 1.807) is 24.3 Å². The second-order valence-electron chi connectivity index (χ2n) is 7.19. The van der Waals surface area contributed by atoms with Crippen LogP contribution in [0.5, 0.6) is 0 Å². The Kier molecular flexibility index (Phi) is 6.14. The van der Waals surface area contributed by atoms with Gasteiger partial charge in [-0.05, 0) is 35.6 Å². The molecule has 2 aromatic rings. The van der Waals surface area contributed by atoms with Crippen LogP contribution in [-0.2, 0) is 15.7 Å². The predicted octanol–water partition coefficient (Wildman–Crippen LogP) is 4.20. The molecule has 1 N–H and O–H groups in total. The van der Waals surface area contributed by atoms with E-state index in [0.717, 1.165) is 10.5 Å². The molecule has 0 aromatic heterocycles. The minimum atomic E-state index is -3.81. The Morgan fingerprint density at radius 2 is 1.57 bits per heavy atom.